The molecule has 0 aromatic heterocycles. The van der Waals surface area contributed by atoms with Crippen molar-refractivity contribution in [2.75, 3.05) is 11.9 Å². The van der Waals surface area contributed by atoms with Crippen molar-refractivity contribution >= 4 is 27.5 Å². The highest BCUT2D eigenvalue weighted by molar-refractivity contribution is 9.10. The lowest BCUT2D eigenvalue weighted by atomic mass is 10.2. The van der Waals surface area contributed by atoms with E-state index >= 15 is 0 Å². The van der Waals surface area contributed by atoms with Gasteiger partial charge in [0.2, 0.25) is 0 Å². The molecule has 0 fully saturated rings. The molecule has 21 heavy (non-hydrogen) atoms. The second kappa shape index (κ2) is 6.86. The Morgan fingerprint density at radius 1 is 1.33 bits per heavy atom. The second-order valence-corrected chi connectivity index (χ2v) is 4.92. The van der Waals surface area contributed by atoms with E-state index in [1.165, 1.54) is 18.2 Å². The van der Waals surface area contributed by atoms with Crippen molar-refractivity contribution in [3.63, 3.8) is 0 Å². The van der Waals surface area contributed by atoms with Gasteiger partial charge in [-0.3, -0.25) is 4.79 Å². The van der Waals surface area contributed by atoms with E-state index in [1.807, 2.05) is 6.07 Å². The highest BCUT2D eigenvalue weighted by atomic mass is 79.9. The highest BCUT2D eigenvalue weighted by Gasteiger charge is 2.09. The molecule has 2 aromatic carbocycles. The molecule has 0 unspecified atom stereocenters. The van der Waals surface area contributed by atoms with Gasteiger partial charge in [0.05, 0.1) is 15.7 Å². The van der Waals surface area contributed by atoms with Gasteiger partial charge in [0.25, 0.3) is 5.91 Å². The molecule has 0 atom stereocenters. The Bertz CT molecular complexity index is 713. The summed E-state index contributed by atoms with van der Waals surface area (Å²) in [6.07, 6.45) is 0. The summed E-state index contributed by atoms with van der Waals surface area (Å²) in [5, 5.41) is 11.5. The molecule has 0 aliphatic carbocycles. The van der Waals surface area contributed by atoms with Crippen molar-refractivity contribution in [3.8, 4) is 11.8 Å². The second-order valence-electron chi connectivity index (χ2n) is 4.07. The number of hydrogen-bond acceptors (Lipinski definition) is 3. The third kappa shape index (κ3) is 4.04. The first-order chi connectivity index (χ1) is 10.1. The molecule has 0 bridgehead atoms. The first-order valence-corrected chi connectivity index (χ1v) is 6.76. The summed E-state index contributed by atoms with van der Waals surface area (Å²) in [6, 6.07) is 12.6. The summed E-state index contributed by atoms with van der Waals surface area (Å²) in [4.78, 5) is 11.8. The molecule has 2 aromatic rings. The zero-order chi connectivity index (χ0) is 15.2. The fraction of sp³-hybridized carbons (Fsp3) is 0.0667. The lowest BCUT2D eigenvalue weighted by molar-refractivity contribution is -0.118. The number of halogens is 2. The van der Waals surface area contributed by atoms with Crippen LogP contribution < -0.4 is 10.1 Å². The minimum atomic E-state index is -0.408. The molecule has 0 aliphatic heterocycles. The number of amides is 1. The maximum absolute atomic E-state index is 12.9. The van der Waals surface area contributed by atoms with Gasteiger partial charge < -0.3 is 10.1 Å². The fourth-order valence-corrected chi connectivity index (χ4v) is 2.08. The molecule has 1 N–H and O–H groups in total. The third-order valence-electron chi connectivity index (χ3n) is 2.57. The highest BCUT2D eigenvalue weighted by Crippen LogP contribution is 2.25. The first-order valence-electron chi connectivity index (χ1n) is 5.97. The summed E-state index contributed by atoms with van der Waals surface area (Å²) in [6.45, 7) is -0.246. The van der Waals surface area contributed by atoms with Gasteiger partial charge in [0.15, 0.2) is 6.61 Å². The largest absolute Gasteiger partial charge is 0.483 e. The van der Waals surface area contributed by atoms with Crippen LogP contribution in [0.15, 0.2) is 46.9 Å². The Morgan fingerprint density at radius 3 is 2.81 bits per heavy atom. The van der Waals surface area contributed by atoms with Crippen molar-refractivity contribution in [1.82, 2.24) is 0 Å². The van der Waals surface area contributed by atoms with Crippen LogP contribution in [0.2, 0.25) is 0 Å². The summed E-state index contributed by atoms with van der Waals surface area (Å²) in [7, 11) is 0. The molecule has 0 heterocycles. The van der Waals surface area contributed by atoms with Gasteiger partial charge >= 0.3 is 0 Å². The molecule has 2 rings (SSSR count). The van der Waals surface area contributed by atoms with E-state index in [-0.39, 0.29) is 6.61 Å². The van der Waals surface area contributed by atoms with Crippen LogP contribution in [-0.2, 0) is 4.79 Å². The lowest BCUT2D eigenvalue weighted by Gasteiger charge is -2.09. The Labute approximate surface area is 129 Å². The van der Waals surface area contributed by atoms with E-state index in [9.17, 15) is 9.18 Å². The topological polar surface area (TPSA) is 62.1 Å². The van der Waals surface area contributed by atoms with Crippen molar-refractivity contribution in [1.29, 1.82) is 5.26 Å². The van der Waals surface area contributed by atoms with Gasteiger partial charge in [-0.15, -0.1) is 0 Å². The van der Waals surface area contributed by atoms with Gasteiger partial charge in [0, 0.05) is 0 Å². The van der Waals surface area contributed by atoms with Crippen LogP contribution in [0.3, 0.4) is 0 Å². The molecule has 0 spiro atoms. The van der Waals surface area contributed by atoms with E-state index in [0.29, 0.717) is 21.5 Å². The maximum Gasteiger partial charge on any atom is 0.262 e. The minimum absolute atomic E-state index is 0.246. The number of hydrogen-bond donors (Lipinski definition) is 1. The zero-order valence-corrected chi connectivity index (χ0v) is 12.4. The van der Waals surface area contributed by atoms with Crippen molar-refractivity contribution < 1.29 is 13.9 Å². The van der Waals surface area contributed by atoms with E-state index in [2.05, 4.69) is 21.2 Å². The zero-order valence-electron chi connectivity index (χ0n) is 10.8. The summed E-state index contributed by atoms with van der Waals surface area (Å²) in [5.74, 6) is -0.448. The van der Waals surface area contributed by atoms with Crippen LogP contribution in [0.1, 0.15) is 5.56 Å². The summed E-state index contributed by atoms with van der Waals surface area (Å²) < 4.78 is 18.6. The number of benzene rings is 2. The minimum Gasteiger partial charge on any atom is -0.483 e. The van der Waals surface area contributed by atoms with Gasteiger partial charge in [-0.2, -0.15) is 5.26 Å². The number of carbonyl (C=O) groups is 1. The molecule has 0 saturated carbocycles. The summed E-state index contributed by atoms with van der Waals surface area (Å²) in [5.41, 5.74) is 0.792. The van der Waals surface area contributed by atoms with E-state index in [1.54, 1.807) is 24.3 Å². The number of nitriles is 1. The quantitative estimate of drug-likeness (QED) is 0.919. The SMILES string of the molecule is N#Cc1ccccc1NC(=O)COc1ccc(F)cc1Br. The molecule has 6 heteroatoms. The standard InChI is InChI=1S/C15H10BrFN2O2/c16-12-7-11(17)5-6-14(12)21-9-15(20)19-13-4-2-1-3-10(13)8-18/h1-7H,9H2,(H,19,20). The number of nitrogens with zero attached hydrogens (tertiary/aromatic N) is 1. The van der Waals surface area contributed by atoms with E-state index < -0.39 is 11.7 Å². The molecule has 0 aliphatic rings. The summed E-state index contributed by atoms with van der Waals surface area (Å²) >= 11 is 3.15. The lowest BCUT2D eigenvalue weighted by Crippen LogP contribution is -2.20. The Kier molecular flexibility index (Phi) is 4.90. The number of nitrogens with one attached hydrogen (secondary N) is 1. The normalized spacial score (nSPS) is 9.76. The predicted octanol–water partition coefficient (Wildman–Crippen LogP) is 3.48. The number of anilines is 1. The first kappa shape index (κ1) is 15.0. The van der Waals surface area contributed by atoms with Crippen LogP contribution in [0, 0.1) is 17.1 Å². The van der Waals surface area contributed by atoms with Crippen LogP contribution in [0.25, 0.3) is 0 Å². The van der Waals surface area contributed by atoms with Gasteiger partial charge in [0.1, 0.15) is 17.6 Å². The molecule has 106 valence electrons. The van der Waals surface area contributed by atoms with E-state index in [0.717, 1.165) is 0 Å². The fourth-order valence-electron chi connectivity index (χ4n) is 1.61. The maximum atomic E-state index is 12.9. The Hall–Kier alpha value is -2.39. The van der Waals surface area contributed by atoms with Crippen LogP contribution in [0.5, 0.6) is 5.75 Å². The molecular weight excluding hydrogens is 339 g/mol. The van der Waals surface area contributed by atoms with Crippen molar-refractivity contribution in [2.24, 2.45) is 0 Å². The average molecular weight is 349 g/mol. The average Bonchev–Trinajstić information content (AvgIpc) is 2.47. The number of carbonyl (C=O) groups excluding carboxylic acids is 1. The molecule has 1 amide bonds. The predicted molar refractivity (Wildman–Crippen MR) is 79.4 cm³/mol. The van der Waals surface area contributed by atoms with Crippen LogP contribution in [-0.4, -0.2) is 12.5 Å². The number of rotatable bonds is 4. The smallest absolute Gasteiger partial charge is 0.262 e. The number of ether oxygens (including phenoxy) is 1. The van der Waals surface area contributed by atoms with Crippen molar-refractivity contribution in [3.05, 3.63) is 58.3 Å². The number of para-hydroxylation sites is 1. The van der Waals surface area contributed by atoms with Gasteiger partial charge in [-0.25, -0.2) is 4.39 Å². The van der Waals surface area contributed by atoms with Crippen LogP contribution in [0.4, 0.5) is 10.1 Å². The van der Waals surface area contributed by atoms with Gasteiger partial charge in [-0.05, 0) is 46.3 Å². The Morgan fingerprint density at radius 2 is 2.10 bits per heavy atom. The molecule has 4 nitrogen and oxygen atoms in total. The molecule has 0 saturated heterocycles. The van der Waals surface area contributed by atoms with Gasteiger partial charge in [-0.1, -0.05) is 12.1 Å². The molecule has 0 radical (unpaired) electrons. The van der Waals surface area contributed by atoms with E-state index in [4.69, 9.17) is 10.00 Å². The van der Waals surface area contributed by atoms with Crippen molar-refractivity contribution in [2.45, 2.75) is 0 Å². The van der Waals surface area contributed by atoms with Crippen LogP contribution >= 0.6 is 15.9 Å². The monoisotopic (exact) mass is 348 g/mol. The molecular formula is C15H10BrFN2O2. The Balaban J connectivity index is 1.98. The third-order valence-corrected chi connectivity index (χ3v) is 3.19.